The lowest BCUT2D eigenvalue weighted by atomic mass is 9.90. The molecule has 1 aromatic carbocycles. The van der Waals surface area contributed by atoms with Crippen LogP contribution in [0.1, 0.15) is 24.3 Å². The molecule has 1 aliphatic rings. The van der Waals surface area contributed by atoms with E-state index in [2.05, 4.69) is 4.98 Å². The molecule has 0 radical (unpaired) electrons. The predicted molar refractivity (Wildman–Crippen MR) is 88.1 cm³/mol. The van der Waals surface area contributed by atoms with Crippen LogP contribution in [0, 0.1) is 0 Å². The number of amides is 1. The summed E-state index contributed by atoms with van der Waals surface area (Å²) in [4.78, 5) is 18.5. The Balaban J connectivity index is 1.77. The number of hydrogen-bond donors (Lipinski definition) is 0. The van der Waals surface area contributed by atoms with Gasteiger partial charge in [-0.05, 0) is 36.1 Å². The summed E-state index contributed by atoms with van der Waals surface area (Å²) in [5.41, 5.74) is 1.11. The molecule has 23 heavy (non-hydrogen) atoms. The molecule has 0 aliphatic carbocycles. The molecule has 3 rings (SSSR count). The molecule has 0 saturated carbocycles. The van der Waals surface area contributed by atoms with Crippen molar-refractivity contribution < 1.29 is 14.3 Å². The lowest BCUT2D eigenvalue weighted by molar-refractivity contribution is -0.118. The number of para-hydroxylation sites is 1. The second-order valence-corrected chi connectivity index (χ2v) is 5.56. The zero-order valence-corrected chi connectivity index (χ0v) is 13.4. The van der Waals surface area contributed by atoms with Crippen molar-refractivity contribution >= 4 is 11.7 Å². The molecule has 5 nitrogen and oxygen atoms in total. The minimum absolute atomic E-state index is 0.0173. The first-order valence-corrected chi connectivity index (χ1v) is 7.68. The SMILES string of the molecule is COc1cccnc1N(C)C(=O)CC1CCOc2ccccc21. The van der Waals surface area contributed by atoms with E-state index in [0.717, 1.165) is 17.7 Å². The summed E-state index contributed by atoms with van der Waals surface area (Å²) in [7, 11) is 3.31. The number of aromatic nitrogens is 1. The summed E-state index contributed by atoms with van der Waals surface area (Å²) in [5, 5.41) is 0. The number of anilines is 1. The summed E-state index contributed by atoms with van der Waals surface area (Å²) in [6.45, 7) is 0.644. The summed E-state index contributed by atoms with van der Waals surface area (Å²) >= 11 is 0. The first-order valence-electron chi connectivity index (χ1n) is 7.68. The lowest BCUT2D eigenvalue weighted by Gasteiger charge is -2.27. The van der Waals surface area contributed by atoms with Gasteiger partial charge in [0.2, 0.25) is 5.91 Å². The van der Waals surface area contributed by atoms with Gasteiger partial charge in [-0.2, -0.15) is 0 Å². The maximum atomic E-state index is 12.7. The zero-order valence-electron chi connectivity index (χ0n) is 13.4. The van der Waals surface area contributed by atoms with Crippen molar-refractivity contribution in [2.24, 2.45) is 0 Å². The van der Waals surface area contributed by atoms with Crippen LogP contribution < -0.4 is 14.4 Å². The summed E-state index contributed by atoms with van der Waals surface area (Å²) in [6, 6.07) is 11.5. The number of ether oxygens (including phenoxy) is 2. The lowest BCUT2D eigenvalue weighted by Crippen LogP contribution is -2.30. The molecular formula is C18H20N2O3. The van der Waals surface area contributed by atoms with E-state index in [0.29, 0.717) is 24.6 Å². The molecule has 2 aromatic rings. The van der Waals surface area contributed by atoms with Gasteiger partial charge in [0.15, 0.2) is 11.6 Å². The van der Waals surface area contributed by atoms with Crippen molar-refractivity contribution in [1.29, 1.82) is 0 Å². The maximum Gasteiger partial charge on any atom is 0.228 e. The minimum atomic E-state index is 0.0173. The van der Waals surface area contributed by atoms with Gasteiger partial charge in [0.1, 0.15) is 5.75 Å². The number of rotatable bonds is 4. The van der Waals surface area contributed by atoms with Crippen LogP contribution in [0.15, 0.2) is 42.6 Å². The fourth-order valence-electron chi connectivity index (χ4n) is 2.89. The Kier molecular flexibility index (Phi) is 4.46. The van der Waals surface area contributed by atoms with Crippen LogP contribution >= 0.6 is 0 Å². The quantitative estimate of drug-likeness (QED) is 0.871. The van der Waals surface area contributed by atoms with Gasteiger partial charge in [0.25, 0.3) is 0 Å². The van der Waals surface area contributed by atoms with E-state index in [4.69, 9.17) is 9.47 Å². The van der Waals surface area contributed by atoms with E-state index in [1.54, 1.807) is 37.4 Å². The number of fused-ring (bicyclic) bond motifs is 1. The highest BCUT2D eigenvalue weighted by Crippen LogP contribution is 2.36. The van der Waals surface area contributed by atoms with Crippen LogP contribution in [0.25, 0.3) is 0 Å². The number of pyridine rings is 1. The minimum Gasteiger partial charge on any atom is -0.493 e. The van der Waals surface area contributed by atoms with Crippen LogP contribution in [0.4, 0.5) is 5.82 Å². The number of benzene rings is 1. The highest BCUT2D eigenvalue weighted by atomic mass is 16.5. The Bertz CT molecular complexity index is 702. The van der Waals surface area contributed by atoms with Crippen molar-refractivity contribution in [2.75, 3.05) is 25.7 Å². The average Bonchev–Trinajstić information content (AvgIpc) is 2.61. The molecular weight excluding hydrogens is 292 g/mol. The van der Waals surface area contributed by atoms with Gasteiger partial charge in [-0.1, -0.05) is 18.2 Å². The summed E-state index contributed by atoms with van der Waals surface area (Å²) < 4.78 is 10.9. The van der Waals surface area contributed by atoms with Crippen LogP contribution in [-0.2, 0) is 4.79 Å². The van der Waals surface area contributed by atoms with E-state index in [1.165, 1.54) is 0 Å². The molecule has 1 aliphatic heterocycles. The van der Waals surface area contributed by atoms with E-state index < -0.39 is 0 Å². The average molecular weight is 312 g/mol. The standard InChI is InChI=1S/C18H20N2O3/c1-20(18-16(22-2)8-5-10-19-18)17(21)12-13-9-11-23-15-7-4-3-6-14(13)15/h3-8,10,13H,9,11-12H2,1-2H3. The van der Waals surface area contributed by atoms with Gasteiger partial charge < -0.3 is 9.47 Å². The predicted octanol–water partition coefficient (Wildman–Crippen LogP) is 3.01. The molecule has 1 amide bonds. The summed E-state index contributed by atoms with van der Waals surface area (Å²) in [6.07, 6.45) is 2.93. The number of hydrogen-bond acceptors (Lipinski definition) is 4. The second kappa shape index (κ2) is 6.69. The second-order valence-electron chi connectivity index (χ2n) is 5.56. The molecule has 5 heteroatoms. The summed E-state index contributed by atoms with van der Waals surface area (Å²) in [5.74, 6) is 2.21. The topological polar surface area (TPSA) is 51.7 Å². The van der Waals surface area contributed by atoms with Gasteiger partial charge in [-0.15, -0.1) is 0 Å². The van der Waals surface area contributed by atoms with Gasteiger partial charge in [0.05, 0.1) is 13.7 Å². The molecule has 0 fully saturated rings. The van der Waals surface area contributed by atoms with E-state index in [9.17, 15) is 4.79 Å². The molecule has 0 saturated heterocycles. The van der Waals surface area contributed by atoms with Gasteiger partial charge >= 0.3 is 0 Å². The molecule has 0 bridgehead atoms. The number of methoxy groups -OCH3 is 1. The maximum absolute atomic E-state index is 12.7. The molecule has 120 valence electrons. The first-order chi connectivity index (χ1) is 11.2. The zero-order chi connectivity index (χ0) is 16.2. The van der Waals surface area contributed by atoms with Crippen LogP contribution in [-0.4, -0.2) is 31.7 Å². The molecule has 0 N–H and O–H groups in total. The van der Waals surface area contributed by atoms with E-state index in [-0.39, 0.29) is 11.8 Å². The fourth-order valence-corrected chi connectivity index (χ4v) is 2.89. The highest BCUT2D eigenvalue weighted by molar-refractivity contribution is 5.93. The van der Waals surface area contributed by atoms with Crippen LogP contribution in [0.3, 0.4) is 0 Å². The fraction of sp³-hybridized carbons (Fsp3) is 0.333. The molecule has 1 aromatic heterocycles. The van der Waals surface area contributed by atoms with Gasteiger partial charge in [-0.3, -0.25) is 9.69 Å². The Morgan fingerprint density at radius 1 is 1.35 bits per heavy atom. The van der Waals surface area contributed by atoms with E-state index in [1.807, 2.05) is 24.3 Å². The first kappa shape index (κ1) is 15.3. The molecule has 1 unspecified atom stereocenters. The smallest absolute Gasteiger partial charge is 0.228 e. The largest absolute Gasteiger partial charge is 0.493 e. The van der Waals surface area contributed by atoms with Gasteiger partial charge in [0, 0.05) is 19.7 Å². The highest BCUT2D eigenvalue weighted by Gasteiger charge is 2.26. The molecule has 1 atom stereocenters. The van der Waals surface area contributed by atoms with Crippen molar-refractivity contribution in [1.82, 2.24) is 4.98 Å². The number of nitrogens with zero attached hydrogens (tertiary/aromatic N) is 2. The Morgan fingerprint density at radius 3 is 3.00 bits per heavy atom. The van der Waals surface area contributed by atoms with E-state index >= 15 is 0 Å². The van der Waals surface area contributed by atoms with Crippen molar-refractivity contribution in [3.8, 4) is 11.5 Å². The van der Waals surface area contributed by atoms with Crippen molar-refractivity contribution in [3.63, 3.8) is 0 Å². The third kappa shape index (κ3) is 3.13. The third-order valence-electron chi connectivity index (χ3n) is 4.17. The van der Waals surface area contributed by atoms with Crippen molar-refractivity contribution in [2.45, 2.75) is 18.8 Å². The van der Waals surface area contributed by atoms with Crippen molar-refractivity contribution in [3.05, 3.63) is 48.2 Å². The number of carbonyl (C=O) groups excluding carboxylic acids is 1. The monoisotopic (exact) mass is 312 g/mol. The Morgan fingerprint density at radius 2 is 2.17 bits per heavy atom. The van der Waals surface area contributed by atoms with Gasteiger partial charge in [-0.25, -0.2) is 4.98 Å². The Hall–Kier alpha value is -2.56. The normalized spacial score (nSPS) is 16.2. The van der Waals surface area contributed by atoms with Crippen LogP contribution in [0.2, 0.25) is 0 Å². The third-order valence-corrected chi connectivity index (χ3v) is 4.17. The number of carbonyl (C=O) groups is 1. The molecule has 0 spiro atoms. The van der Waals surface area contributed by atoms with Crippen LogP contribution in [0.5, 0.6) is 11.5 Å². The molecule has 2 heterocycles. The Labute approximate surface area is 135 Å².